The molecule has 1 aliphatic carbocycles. The summed E-state index contributed by atoms with van der Waals surface area (Å²) in [6, 6.07) is 0. The van der Waals surface area contributed by atoms with Crippen LogP contribution in [0.25, 0.3) is 0 Å². The molecule has 0 radical (unpaired) electrons. The van der Waals surface area contributed by atoms with Crippen LogP contribution in [0.3, 0.4) is 0 Å². The smallest absolute Gasteiger partial charge is 0.147 e. The third-order valence-corrected chi connectivity index (χ3v) is 18.4. The third kappa shape index (κ3) is 5.40. The van der Waals surface area contributed by atoms with Gasteiger partial charge in [-0.15, -0.1) is 24.8 Å². The van der Waals surface area contributed by atoms with E-state index in [2.05, 4.69) is 82.3 Å². The maximum atomic E-state index is 7.21. The predicted molar refractivity (Wildman–Crippen MR) is 143 cm³/mol. The van der Waals surface area contributed by atoms with Crippen molar-refractivity contribution in [2.24, 2.45) is 5.92 Å². The molecule has 0 heterocycles. The van der Waals surface area contributed by atoms with E-state index in [0.717, 1.165) is 10.2 Å². The summed E-state index contributed by atoms with van der Waals surface area (Å²) in [5, 5.41) is 1.51. The molecular formula is C24H43Cl2OSi2Ti. The molecule has 30 heavy (non-hydrogen) atoms. The second-order valence-electron chi connectivity index (χ2n) is 10.1. The van der Waals surface area contributed by atoms with Gasteiger partial charge < -0.3 is 0 Å². The Morgan fingerprint density at radius 1 is 0.867 bits per heavy atom. The fourth-order valence-electron chi connectivity index (χ4n) is 4.95. The summed E-state index contributed by atoms with van der Waals surface area (Å²) in [6.45, 7) is 27.5. The van der Waals surface area contributed by atoms with Gasteiger partial charge in [-0.25, -0.2) is 0 Å². The fourth-order valence-corrected chi connectivity index (χ4v) is 17.0. The fraction of sp³-hybridized carbons (Fsp3) is 0.583. The first-order valence-corrected chi connectivity index (χ1v) is 18.8. The Kier molecular flexibility index (Phi) is 11.0. The Bertz CT molecular complexity index is 867. The van der Waals surface area contributed by atoms with Crippen molar-refractivity contribution in [1.82, 2.24) is 0 Å². The summed E-state index contributed by atoms with van der Waals surface area (Å²) >= 11 is -1.79. The van der Waals surface area contributed by atoms with Crippen LogP contribution < -0.4 is 8.51 Å². The van der Waals surface area contributed by atoms with E-state index in [-0.39, 0.29) is 30.2 Å². The molecule has 0 N–H and O–H groups in total. The van der Waals surface area contributed by atoms with Crippen molar-refractivity contribution in [1.29, 1.82) is 0 Å². The monoisotopic (exact) mass is 521 g/mol. The Morgan fingerprint density at radius 3 is 1.73 bits per heavy atom. The van der Waals surface area contributed by atoms with Gasteiger partial charge in [0.15, 0.2) is 0 Å². The van der Waals surface area contributed by atoms with Crippen molar-refractivity contribution >= 4 is 46.9 Å². The van der Waals surface area contributed by atoms with Gasteiger partial charge in [0.2, 0.25) is 0 Å². The van der Waals surface area contributed by atoms with Crippen LogP contribution in [0.2, 0.25) is 13.1 Å². The Morgan fingerprint density at radius 2 is 1.37 bits per heavy atom. The largest absolute Gasteiger partial charge is 0.147 e. The van der Waals surface area contributed by atoms with Gasteiger partial charge in [-0.2, -0.15) is 0 Å². The van der Waals surface area contributed by atoms with Gasteiger partial charge >= 0.3 is 185 Å². The number of rotatable bonds is 4. The summed E-state index contributed by atoms with van der Waals surface area (Å²) in [5.41, 5.74) is 10.6. The first kappa shape index (κ1) is 30.2. The molecule has 0 bridgehead atoms. The van der Waals surface area contributed by atoms with Crippen LogP contribution in [0.4, 0.5) is 0 Å². The summed E-state index contributed by atoms with van der Waals surface area (Å²) < 4.78 is 8.92. The van der Waals surface area contributed by atoms with Crippen molar-refractivity contribution in [3.8, 4) is 5.75 Å². The minimum atomic E-state index is -1.79. The van der Waals surface area contributed by atoms with Gasteiger partial charge in [0.25, 0.3) is 0 Å². The molecule has 1 aromatic rings. The van der Waals surface area contributed by atoms with Gasteiger partial charge in [0, 0.05) is 0 Å². The second-order valence-corrected chi connectivity index (χ2v) is 23.3. The van der Waals surface area contributed by atoms with Gasteiger partial charge in [-0.1, -0.05) is 0 Å². The molecule has 0 amide bonds. The van der Waals surface area contributed by atoms with Gasteiger partial charge in [0.1, 0.15) is 0 Å². The molecule has 1 unspecified atom stereocenters. The molecular weight excluding hydrogens is 479 g/mol. The predicted octanol–water partition coefficient (Wildman–Crippen LogP) is 5.90. The number of allylic oxidation sites excluding steroid dienone is 4. The Hall–Kier alpha value is 0.228. The van der Waals surface area contributed by atoms with E-state index < -0.39 is 24.2 Å². The number of hydrogen-bond acceptors (Lipinski definition) is 1. The summed E-state index contributed by atoms with van der Waals surface area (Å²) in [7, 11) is 1.04. The van der Waals surface area contributed by atoms with Crippen LogP contribution in [0.5, 0.6) is 5.75 Å². The molecule has 0 saturated carbocycles. The molecule has 0 spiro atoms. The summed E-state index contributed by atoms with van der Waals surface area (Å²) in [6.07, 6.45) is 0. The van der Waals surface area contributed by atoms with Crippen molar-refractivity contribution in [3.63, 3.8) is 0 Å². The van der Waals surface area contributed by atoms with Crippen molar-refractivity contribution in [3.05, 3.63) is 42.9 Å². The van der Waals surface area contributed by atoms with E-state index in [1.165, 1.54) is 38.8 Å². The van der Waals surface area contributed by atoms with Crippen molar-refractivity contribution in [2.75, 3.05) is 0 Å². The normalized spacial score (nSPS) is 16.8. The summed E-state index contributed by atoms with van der Waals surface area (Å²) in [4.78, 5) is 0. The SMILES string of the molecule is CC1=C(C)C(C)[C]([Ti]([O]c2c(C)c(C)c(C)c(C(C)(C)C)c2[SiH3])[SiH](C)C)=C1C.Cl.Cl. The minimum Gasteiger partial charge on any atom is -0.147 e. The van der Waals surface area contributed by atoms with E-state index in [0.29, 0.717) is 5.92 Å². The van der Waals surface area contributed by atoms with E-state index >= 15 is 0 Å². The van der Waals surface area contributed by atoms with E-state index in [1.54, 1.807) is 15.0 Å². The zero-order chi connectivity index (χ0) is 21.7. The Balaban J connectivity index is 0.00000420. The van der Waals surface area contributed by atoms with E-state index in [9.17, 15) is 0 Å². The van der Waals surface area contributed by atoms with Gasteiger partial charge in [-0.3, -0.25) is 0 Å². The van der Waals surface area contributed by atoms with Crippen molar-refractivity contribution < 1.29 is 20.8 Å². The standard InChI is InChI=1S/C13H22OSi.C9H13.C2H7Si.2ClH.Ti/c1-7-8(2)10(13(4,5)6)12(15)11(14)9(7)3;1-6-5-7(2)9(4)8(6)3;1-3-2;;;/h14H,1-6,15H3;6H,1-4H3;3H,1-2H3;2*1H;/q;;;;;+1/p-1. The topological polar surface area (TPSA) is 9.23 Å². The summed E-state index contributed by atoms with van der Waals surface area (Å²) in [5.74, 6) is 1.85. The molecule has 1 atom stereocenters. The molecule has 0 saturated heterocycles. The third-order valence-electron chi connectivity index (χ3n) is 6.95. The molecule has 1 aromatic carbocycles. The number of halogens is 2. The zero-order valence-corrected chi connectivity index (χ0v) is 27.7. The molecule has 0 fully saturated rings. The maximum absolute atomic E-state index is 7.21. The molecule has 0 aromatic heterocycles. The van der Waals surface area contributed by atoms with Crippen LogP contribution in [0, 0.1) is 26.7 Å². The second kappa shape index (κ2) is 10.9. The molecule has 0 aliphatic heterocycles. The molecule has 1 aliphatic rings. The van der Waals surface area contributed by atoms with Gasteiger partial charge in [0.05, 0.1) is 0 Å². The van der Waals surface area contributed by atoms with Crippen LogP contribution in [-0.4, -0.2) is 16.9 Å². The Labute approximate surface area is 208 Å². The van der Waals surface area contributed by atoms with Crippen LogP contribution in [0.1, 0.15) is 70.7 Å². The molecule has 6 heteroatoms. The van der Waals surface area contributed by atoms with E-state index in [1.807, 2.05) is 0 Å². The average molecular weight is 523 g/mol. The quantitative estimate of drug-likeness (QED) is 0.448. The van der Waals surface area contributed by atoms with Crippen LogP contribution in [0.15, 0.2) is 20.6 Å². The number of benzene rings is 1. The van der Waals surface area contributed by atoms with Crippen LogP contribution >= 0.6 is 24.8 Å². The first-order valence-electron chi connectivity index (χ1n) is 10.8. The number of hydrogen-bond donors (Lipinski definition) is 0. The van der Waals surface area contributed by atoms with Crippen LogP contribution in [-0.2, 0) is 22.9 Å². The maximum Gasteiger partial charge on any atom is -0.147 e. The zero-order valence-electron chi connectivity index (χ0n) is 21.4. The molecule has 2 rings (SSSR count). The van der Waals surface area contributed by atoms with E-state index in [4.69, 9.17) is 3.32 Å². The minimum absolute atomic E-state index is 0. The first-order chi connectivity index (χ1) is 12.7. The molecule has 1 nitrogen and oxygen atoms in total. The average Bonchev–Trinajstić information content (AvgIpc) is 2.76. The molecule has 171 valence electrons. The van der Waals surface area contributed by atoms with Crippen molar-refractivity contribution in [2.45, 2.75) is 87.7 Å². The van der Waals surface area contributed by atoms with Gasteiger partial charge in [-0.05, 0) is 0 Å².